The zero-order chi connectivity index (χ0) is 8.72. The van der Waals surface area contributed by atoms with E-state index in [1.165, 1.54) is 12.0 Å². The van der Waals surface area contributed by atoms with E-state index in [0.29, 0.717) is 17.6 Å². The van der Waals surface area contributed by atoms with Crippen molar-refractivity contribution in [1.82, 2.24) is 0 Å². The highest BCUT2D eigenvalue weighted by atomic mass is 16.1. The van der Waals surface area contributed by atoms with Crippen LogP contribution in [0.5, 0.6) is 0 Å². The molecule has 0 N–H and O–H groups in total. The van der Waals surface area contributed by atoms with Crippen LogP contribution < -0.4 is 0 Å². The van der Waals surface area contributed by atoms with E-state index in [2.05, 4.69) is 13.0 Å². The number of Topliss-reactive ketones (excluding diaryl/α,β-unsaturated/α-hetero) is 1. The molecule has 0 aliphatic heterocycles. The second-order valence-corrected chi connectivity index (χ2v) is 4.17. The maximum Gasteiger partial charge on any atom is 0.136 e. The van der Waals surface area contributed by atoms with Crippen LogP contribution in [0.3, 0.4) is 0 Å². The molecule has 2 aliphatic rings. The molecule has 1 fully saturated rings. The molecular weight excluding hydrogens is 148 g/mol. The van der Waals surface area contributed by atoms with Gasteiger partial charge < -0.3 is 0 Å². The Morgan fingerprint density at radius 1 is 1.58 bits per heavy atom. The quantitative estimate of drug-likeness (QED) is 0.573. The minimum atomic E-state index is 0.378. The van der Waals surface area contributed by atoms with Crippen molar-refractivity contribution in [2.75, 3.05) is 0 Å². The standard InChI is InChI=1S/C11H16O/c1-3-11(12)10-6-8-5-9(10)4-7(8)2/h4,8-10H,3,5-6H2,1-2H3. The van der Waals surface area contributed by atoms with Crippen molar-refractivity contribution in [3.05, 3.63) is 11.6 Å². The number of hydrogen-bond donors (Lipinski definition) is 0. The van der Waals surface area contributed by atoms with Gasteiger partial charge in [0.1, 0.15) is 5.78 Å². The van der Waals surface area contributed by atoms with Gasteiger partial charge in [0.05, 0.1) is 0 Å². The van der Waals surface area contributed by atoms with Crippen LogP contribution >= 0.6 is 0 Å². The Morgan fingerprint density at radius 3 is 2.75 bits per heavy atom. The molecule has 0 radical (unpaired) electrons. The summed E-state index contributed by atoms with van der Waals surface area (Å²) in [6.07, 6.45) is 5.44. The first-order chi connectivity index (χ1) is 5.72. The van der Waals surface area contributed by atoms with Gasteiger partial charge in [-0.15, -0.1) is 0 Å². The number of carbonyl (C=O) groups is 1. The van der Waals surface area contributed by atoms with Gasteiger partial charge in [-0.1, -0.05) is 18.6 Å². The maximum atomic E-state index is 11.5. The SMILES string of the molecule is CCC(=O)C1CC2CC1C=C2C. The molecule has 66 valence electrons. The normalized spacial score (nSPS) is 38.5. The Kier molecular flexibility index (Phi) is 1.82. The van der Waals surface area contributed by atoms with Crippen molar-refractivity contribution in [3.63, 3.8) is 0 Å². The molecule has 1 nitrogen and oxygen atoms in total. The van der Waals surface area contributed by atoms with Gasteiger partial charge >= 0.3 is 0 Å². The van der Waals surface area contributed by atoms with E-state index in [-0.39, 0.29) is 0 Å². The van der Waals surface area contributed by atoms with Crippen LogP contribution in [-0.2, 0) is 4.79 Å². The van der Waals surface area contributed by atoms with E-state index in [1.807, 2.05) is 6.92 Å². The fourth-order valence-electron chi connectivity index (χ4n) is 2.73. The van der Waals surface area contributed by atoms with Crippen LogP contribution in [0.15, 0.2) is 11.6 Å². The van der Waals surface area contributed by atoms with Crippen molar-refractivity contribution in [3.8, 4) is 0 Å². The maximum absolute atomic E-state index is 11.5. The molecule has 12 heavy (non-hydrogen) atoms. The third-order valence-electron chi connectivity index (χ3n) is 3.49. The number of rotatable bonds is 2. The summed E-state index contributed by atoms with van der Waals surface area (Å²) in [5.41, 5.74) is 1.53. The van der Waals surface area contributed by atoms with Gasteiger partial charge in [-0.25, -0.2) is 0 Å². The van der Waals surface area contributed by atoms with Crippen molar-refractivity contribution in [2.24, 2.45) is 17.8 Å². The van der Waals surface area contributed by atoms with Crippen LogP contribution in [-0.4, -0.2) is 5.78 Å². The Morgan fingerprint density at radius 2 is 2.33 bits per heavy atom. The van der Waals surface area contributed by atoms with Crippen LogP contribution in [0.1, 0.15) is 33.1 Å². The molecule has 2 aliphatic carbocycles. The molecule has 3 atom stereocenters. The summed E-state index contributed by atoms with van der Waals surface area (Å²) in [5, 5.41) is 0. The fraction of sp³-hybridized carbons (Fsp3) is 0.727. The lowest BCUT2D eigenvalue weighted by atomic mass is 9.86. The third kappa shape index (κ3) is 1.03. The van der Waals surface area contributed by atoms with E-state index in [0.717, 1.165) is 18.8 Å². The molecule has 0 heterocycles. The van der Waals surface area contributed by atoms with Gasteiger partial charge in [0.25, 0.3) is 0 Å². The largest absolute Gasteiger partial charge is 0.299 e. The smallest absolute Gasteiger partial charge is 0.136 e. The first-order valence-corrected chi connectivity index (χ1v) is 4.93. The number of fused-ring (bicyclic) bond motifs is 2. The van der Waals surface area contributed by atoms with Crippen molar-refractivity contribution < 1.29 is 4.79 Å². The molecule has 2 rings (SSSR count). The number of hydrogen-bond acceptors (Lipinski definition) is 1. The lowest BCUT2D eigenvalue weighted by molar-refractivity contribution is -0.123. The molecule has 0 amide bonds. The van der Waals surface area contributed by atoms with Gasteiger partial charge in [-0.2, -0.15) is 0 Å². The molecule has 0 aromatic carbocycles. The summed E-state index contributed by atoms with van der Waals surface area (Å²) in [4.78, 5) is 11.5. The highest BCUT2D eigenvalue weighted by Gasteiger charge is 2.41. The van der Waals surface area contributed by atoms with Crippen molar-refractivity contribution in [1.29, 1.82) is 0 Å². The molecule has 0 spiro atoms. The van der Waals surface area contributed by atoms with E-state index in [4.69, 9.17) is 0 Å². The van der Waals surface area contributed by atoms with Crippen LogP contribution in [0.25, 0.3) is 0 Å². The van der Waals surface area contributed by atoms with Gasteiger partial charge in [0.2, 0.25) is 0 Å². The second kappa shape index (κ2) is 2.72. The predicted octanol–water partition coefficient (Wildman–Crippen LogP) is 2.57. The van der Waals surface area contributed by atoms with E-state index < -0.39 is 0 Å². The Balaban J connectivity index is 2.12. The summed E-state index contributed by atoms with van der Waals surface area (Å²) in [7, 11) is 0. The zero-order valence-corrected chi connectivity index (χ0v) is 7.84. The molecule has 1 saturated carbocycles. The first-order valence-electron chi connectivity index (χ1n) is 4.93. The molecule has 1 heteroatoms. The number of allylic oxidation sites excluding steroid dienone is 2. The summed E-state index contributed by atoms with van der Waals surface area (Å²) in [6.45, 7) is 4.18. The number of carbonyl (C=O) groups excluding carboxylic acids is 1. The minimum Gasteiger partial charge on any atom is -0.299 e. The number of ketones is 1. The average molecular weight is 164 g/mol. The topological polar surface area (TPSA) is 17.1 Å². The molecule has 0 aromatic heterocycles. The summed E-state index contributed by atoms with van der Waals surface area (Å²) in [6, 6.07) is 0. The molecule has 0 aromatic rings. The molecule has 0 saturated heterocycles. The first kappa shape index (κ1) is 8.03. The van der Waals surface area contributed by atoms with Gasteiger partial charge in [0, 0.05) is 12.3 Å². The highest BCUT2D eigenvalue weighted by Crippen LogP contribution is 2.47. The van der Waals surface area contributed by atoms with E-state index >= 15 is 0 Å². The van der Waals surface area contributed by atoms with Crippen LogP contribution in [0.4, 0.5) is 0 Å². The van der Waals surface area contributed by atoms with Gasteiger partial charge in [0.15, 0.2) is 0 Å². The fourth-order valence-corrected chi connectivity index (χ4v) is 2.73. The molecule has 3 unspecified atom stereocenters. The Hall–Kier alpha value is -0.590. The summed E-state index contributed by atoms with van der Waals surface area (Å²) < 4.78 is 0. The second-order valence-electron chi connectivity index (χ2n) is 4.17. The van der Waals surface area contributed by atoms with Crippen molar-refractivity contribution >= 4 is 5.78 Å². The van der Waals surface area contributed by atoms with Crippen molar-refractivity contribution in [2.45, 2.75) is 33.1 Å². The third-order valence-corrected chi connectivity index (χ3v) is 3.49. The Labute approximate surface area is 73.8 Å². The summed E-state index contributed by atoms with van der Waals surface area (Å²) >= 11 is 0. The van der Waals surface area contributed by atoms with Crippen LogP contribution in [0.2, 0.25) is 0 Å². The van der Waals surface area contributed by atoms with Gasteiger partial charge in [-0.3, -0.25) is 4.79 Å². The highest BCUT2D eigenvalue weighted by molar-refractivity contribution is 5.82. The molecule has 2 bridgehead atoms. The van der Waals surface area contributed by atoms with E-state index in [9.17, 15) is 4.79 Å². The minimum absolute atomic E-state index is 0.378. The van der Waals surface area contributed by atoms with Gasteiger partial charge in [-0.05, 0) is 31.6 Å². The lowest BCUT2D eigenvalue weighted by Gasteiger charge is -2.17. The van der Waals surface area contributed by atoms with Crippen LogP contribution in [0, 0.1) is 17.8 Å². The summed E-state index contributed by atoms with van der Waals surface area (Å²) in [5.74, 6) is 2.20. The zero-order valence-electron chi connectivity index (χ0n) is 7.84. The van der Waals surface area contributed by atoms with E-state index in [1.54, 1.807) is 0 Å². The predicted molar refractivity (Wildman–Crippen MR) is 48.8 cm³/mol. The molecular formula is C11H16O. The monoisotopic (exact) mass is 164 g/mol. The average Bonchev–Trinajstić information content (AvgIpc) is 2.60. The Bertz CT molecular complexity index is 239. The lowest BCUT2D eigenvalue weighted by Crippen LogP contribution is -2.18.